The molecule has 39 heavy (non-hydrogen) atoms. The Labute approximate surface area is 236 Å². The number of rotatable bonds is 9. The highest BCUT2D eigenvalue weighted by Crippen LogP contribution is 2.26. The third kappa shape index (κ3) is 8.07. The summed E-state index contributed by atoms with van der Waals surface area (Å²) >= 11 is 5.99. The highest BCUT2D eigenvalue weighted by atomic mass is 35.5. The van der Waals surface area contributed by atoms with Crippen molar-refractivity contribution in [1.82, 2.24) is 10.2 Å². The summed E-state index contributed by atoms with van der Waals surface area (Å²) in [5.41, 5.74) is 2.63. The Hall–Kier alpha value is -3.36. The Bertz CT molecular complexity index is 1420. The van der Waals surface area contributed by atoms with Crippen molar-refractivity contribution < 1.29 is 18.0 Å². The summed E-state index contributed by atoms with van der Waals surface area (Å²) in [5, 5.41) is 3.32. The molecule has 0 saturated carbocycles. The van der Waals surface area contributed by atoms with Gasteiger partial charge >= 0.3 is 0 Å². The molecule has 3 aromatic carbocycles. The van der Waals surface area contributed by atoms with E-state index < -0.39 is 34.1 Å². The molecule has 0 aliphatic heterocycles. The van der Waals surface area contributed by atoms with Crippen LogP contribution in [0.5, 0.6) is 0 Å². The molecule has 0 aliphatic rings. The molecule has 0 spiro atoms. The highest BCUT2D eigenvalue weighted by molar-refractivity contribution is 7.92. The first-order valence-electron chi connectivity index (χ1n) is 12.7. The van der Waals surface area contributed by atoms with Crippen LogP contribution in [-0.2, 0) is 26.2 Å². The van der Waals surface area contributed by atoms with Crippen molar-refractivity contribution in [1.29, 1.82) is 0 Å². The van der Waals surface area contributed by atoms with E-state index in [-0.39, 0.29) is 17.3 Å². The third-order valence-corrected chi connectivity index (χ3v) is 8.14. The third-order valence-electron chi connectivity index (χ3n) is 6.10. The second kappa shape index (κ2) is 12.2. The zero-order valence-corrected chi connectivity index (χ0v) is 24.8. The molecule has 3 rings (SSSR count). The van der Waals surface area contributed by atoms with Crippen molar-refractivity contribution in [3.63, 3.8) is 0 Å². The molecule has 0 saturated heterocycles. The average molecular weight is 570 g/mol. The summed E-state index contributed by atoms with van der Waals surface area (Å²) in [5.74, 6) is -0.836. The standard InChI is InChI=1S/C30H36ClN3O4S/c1-21-10-14-26(15-11-21)34(39(37,38)27-16-12-25(31)13-17-27)20-28(35)33(19-24-9-7-8-22(2)18-24)23(3)29(36)32-30(4,5)6/h7-18,23H,19-20H2,1-6H3,(H,32,36)/t23-/m0/s1. The molecule has 2 amide bonds. The molecule has 0 aliphatic carbocycles. The Morgan fingerprint density at radius 3 is 2.10 bits per heavy atom. The van der Waals surface area contributed by atoms with E-state index in [0.717, 1.165) is 21.0 Å². The summed E-state index contributed by atoms with van der Waals surface area (Å²) in [7, 11) is -4.14. The summed E-state index contributed by atoms with van der Waals surface area (Å²) in [6, 6.07) is 19.5. The Kier molecular flexibility index (Phi) is 9.46. The monoisotopic (exact) mass is 569 g/mol. The maximum Gasteiger partial charge on any atom is 0.264 e. The Morgan fingerprint density at radius 1 is 0.923 bits per heavy atom. The topological polar surface area (TPSA) is 86.8 Å². The highest BCUT2D eigenvalue weighted by Gasteiger charge is 2.33. The maximum absolute atomic E-state index is 13.9. The fraction of sp³-hybridized carbons (Fsp3) is 0.333. The number of carbonyl (C=O) groups is 2. The molecular weight excluding hydrogens is 534 g/mol. The van der Waals surface area contributed by atoms with Crippen LogP contribution in [0.15, 0.2) is 77.7 Å². The van der Waals surface area contributed by atoms with Crippen molar-refractivity contribution in [3.05, 3.63) is 94.5 Å². The van der Waals surface area contributed by atoms with E-state index in [2.05, 4.69) is 5.32 Å². The normalized spacial score (nSPS) is 12.5. The molecule has 0 radical (unpaired) electrons. The van der Waals surface area contributed by atoms with E-state index >= 15 is 0 Å². The lowest BCUT2D eigenvalue weighted by Crippen LogP contribution is -2.54. The van der Waals surface area contributed by atoms with Crippen molar-refractivity contribution in [3.8, 4) is 0 Å². The minimum Gasteiger partial charge on any atom is -0.350 e. The zero-order valence-electron chi connectivity index (χ0n) is 23.2. The summed E-state index contributed by atoms with van der Waals surface area (Å²) in [6.07, 6.45) is 0. The number of amides is 2. The van der Waals surface area contributed by atoms with E-state index in [1.165, 1.54) is 29.2 Å². The van der Waals surface area contributed by atoms with E-state index in [1.54, 1.807) is 31.2 Å². The van der Waals surface area contributed by atoms with Crippen LogP contribution in [0.1, 0.15) is 44.4 Å². The molecule has 0 aromatic heterocycles. The van der Waals surface area contributed by atoms with E-state index in [9.17, 15) is 18.0 Å². The second-order valence-electron chi connectivity index (χ2n) is 10.7. The van der Waals surface area contributed by atoms with E-state index in [0.29, 0.717) is 10.7 Å². The first kappa shape index (κ1) is 30.2. The molecule has 0 unspecified atom stereocenters. The van der Waals surface area contributed by atoms with Gasteiger partial charge in [0.05, 0.1) is 10.6 Å². The predicted octanol–water partition coefficient (Wildman–Crippen LogP) is 5.48. The van der Waals surface area contributed by atoms with Gasteiger partial charge in [0.2, 0.25) is 11.8 Å². The van der Waals surface area contributed by atoms with Crippen LogP contribution in [0.4, 0.5) is 5.69 Å². The average Bonchev–Trinajstić information content (AvgIpc) is 2.85. The Balaban J connectivity index is 2.03. The molecule has 0 fully saturated rings. The summed E-state index contributed by atoms with van der Waals surface area (Å²) in [6.45, 7) is 10.7. The number of hydrogen-bond donors (Lipinski definition) is 1. The number of sulfonamides is 1. The fourth-order valence-electron chi connectivity index (χ4n) is 4.04. The number of aryl methyl sites for hydroxylation is 2. The SMILES string of the molecule is Cc1ccc(N(CC(=O)N(Cc2cccc(C)c2)[C@@H](C)C(=O)NC(C)(C)C)S(=O)(=O)c2ccc(Cl)cc2)cc1. The lowest BCUT2D eigenvalue weighted by atomic mass is 10.1. The molecule has 1 N–H and O–H groups in total. The van der Waals surface area contributed by atoms with Gasteiger partial charge in [0.25, 0.3) is 10.0 Å². The molecule has 9 heteroatoms. The van der Waals surface area contributed by atoms with E-state index in [4.69, 9.17) is 11.6 Å². The van der Waals surface area contributed by atoms with Crippen LogP contribution in [-0.4, -0.2) is 43.3 Å². The molecule has 0 bridgehead atoms. The van der Waals surface area contributed by atoms with Crippen molar-refractivity contribution in [2.24, 2.45) is 0 Å². The van der Waals surface area contributed by atoms with Gasteiger partial charge in [-0.2, -0.15) is 0 Å². The predicted molar refractivity (Wildman–Crippen MR) is 156 cm³/mol. The maximum atomic E-state index is 13.9. The van der Waals surface area contributed by atoms with Crippen LogP contribution in [0.2, 0.25) is 5.02 Å². The second-order valence-corrected chi connectivity index (χ2v) is 13.0. The van der Waals surface area contributed by atoms with Crippen LogP contribution in [0.3, 0.4) is 0 Å². The number of halogens is 1. The van der Waals surface area contributed by atoms with Crippen molar-refractivity contribution >= 4 is 39.1 Å². The summed E-state index contributed by atoms with van der Waals surface area (Å²) in [4.78, 5) is 28.5. The van der Waals surface area contributed by atoms with Gasteiger partial charge in [0.1, 0.15) is 12.6 Å². The largest absolute Gasteiger partial charge is 0.350 e. The number of carbonyl (C=O) groups excluding carboxylic acids is 2. The van der Waals surface area contributed by atoms with Gasteiger partial charge < -0.3 is 10.2 Å². The van der Waals surface area contributed by atoms with Gasteiger partial charge in [0.15, 0.2) is 0 Å². The minimum atomic E-state index is -4.14. The first-order valence-corrected chi connectivity index (χ1v) is 14.5. The van der Waals surface area contributed by atoms with Gasteiger partial charge in [-0.15, -0.1) is 0 Å². The van der Waals surface area contributed by atoms with Gasteiger partial charge in [0, 0.05) is 17.1 Å². The van der Waals surface area contributed by atoms with Gasteiger partial charge in [-0.3, -0.25) is 13.9 Å². The number of benzene rings is 3. The minimum absolute atomic E-state index is 0.00373. The van der Waals surface area contributed by atoms with Crippen LogP contribution in [0.25, 0.3) is 0 Å². The number of nitrogens with one attached hydrogen (secondary N) is 1. The van der Waals surface area contributed by atoms with Crippen LogP contribution in [0, 0.1) is 13.8 Å². The zero-order chi connectivity index (χ0) is 29.0. The fourth-order valence-corrected chi connectivity index (χ4v) is 5.58. The number of hydrogen-bond acceptors (Lipinski definition) is 4. The quantitative estimate of drug-likeness (QED) is 0.369. The van der Waals surface area contributed by atoms with Crippen LogP contribution >= 0.6 is 11.6 Å². The molecule has 0 heterocycles. The lowest BCUT2D eigenvalue weighted by Gasteiger charge is -2.33. The van der Waals surface area contributed by atoms with Crippen molar-refractivity contribution in [2.75, 3.05) is 10.8 Å². The number of anilines is 1. The Morgan fingerprint density at radius 2 is 1.54 bits per heavy atom. The van der Waals surface area contributed by atoms with Crippen LogP contribution < -0.4 is 9.62 Å². The summed E-state index contributed by atoms with van der Waals surface area (Å²) < 4.78 is 28.7. The van der Waals surface area contributed by atoms with Gasteiger partial charge in [-0.25, -0.2) is 8.42 Å². The molecule has 1 atom stereocenters. The molecular formula is C30H36ClN3O4S. The van der Waals surface area contributed by atoms with E-state index in [1.807, 2.05) is 58.9 Å². The molecule has 7 nitrogen and oxygen atoms in total. The smallest absolute Gasteiger partial charge is 0.264 e. The van der Waals surface area contributed by atoms with Gasteiger partial charge in [-0.1, -0.05) is 59.1 Å². The molecule has 208 valence electrons. The first-order chi connectivity index (χ1) is 18.2. The number of nitrogens with zero attached hydrogens (tertiary/aromatic N) is 2. The van der Waals surface area contributed by atoms with Crippen molar-refractivity contribution in [2.45, 2.75) is 64.6 Å². The molecule has 3 aromatic rings. The van der Waals surface area contributed by atoms with Gasteiger partial charge in [-0.05, 0) is 83.5 Å². The lowest BCUT2D eigenvalue weighted by molar-refractivity contribution is -0.140.